The van der Waals surface area contributed by atoms with Crippen LogP contribution in [0, 0.1) is 17.0 Å². The predicted octanol–water partition coefficient (Wildman–Crippen LogP) is 2.95. The van der Waals surface area contributed by atoms with Gasteiger partial charge in [-0.25, -0.2) is 4.98 Å². The van der Waals surface area contributed by atoms with Crippen LogP contribution in [0.1, 0.15) is 12.0 Å². The molecule has 0 saturated carbocycles. The Balaban J connectivity index is 1.53. The van der Waals surface area contributed by atoms with Crippen molar-refractivity contribution in [1.29, 1.82) is 0 Å². The maximum atomic E-state index is 12.5. The molecule has 1 amide bonds. The predicted molar refractivity (Wildman–Crippen MR) is 116 cm³/mol. The van der Waals surface area contributed by atoms with Gasteiger partial charge in [-0.15, -0.1) is 0 Å². The molecule has 0 aliphatic rings. The molecule has 0 radical (unpaired) electrons. The van der Waals surface area contributed by atoms with E-state index in [9.17, 15) is 24.5 Å². The van der Waals surface area contributed by atoms with Gasteiger partial charge in [0.2, 0.25) is 0 Å². The highest BCUT2D eigenvalue weighted by Gasteiger charge is 2.13. The van der Waals surface area contributed by atoms with Crippen LogP contribution in [0.5, 0.6) is 0 Å². The molecule has 2 aromatic carbocycles. The topological polar surface area (TPSA) is 133 Å². The number of esters is 1. The molecule has 0 saturated heterocycles. The number of ether oxygens (including phenoxy) is 1. The lowest BCUT2D eigenvalue weighted by atomic mass is 10.2. The van der Waals surface area contributed by atoms with Crippen LogP contribution in [0.2, 0.25) is 0 Å². The van der Waals surface area contributed by atoms with Crippen LogP contribution in [0.25, 0.3) is 10.9 Å². The van der Waals surface area contributed by atoms with Crippen LogP contribution < -0.4 is 10.9 Å². The number of carbonyl (C=O) groups excluding carboxylic acids is 2. The minimum absolute atomic E-state index is 0.0518. The number of nitro groups is 1. The second-order valence-corrected chi connectivity index (χ2v) is 7.54. The zero-order chi connectivity index (χ0) is 22.5. The van der Waals surface area contributed by atoms with Crippen molar-refractivity contribution in [3.05, 3.63) is 73.2 Å². The van der Waals surface area contributed by atoms with Gasteiger partial charge < -0.3 is 10.1 Å². The summed E-state index contributed by atoms with van der Waals surface area (Å²) in [5.74, 6) is -1.24. The molecule has 0 atom stereocenters. The summed E-state index contributed by atoms with van der Waals surface area (Å²) in [4.78, 5) is 50.9. The summed E-state index contributed by atoms with van der Waals surface area (Å²) < 4.78 is 6.99. The molecule has 3 rings (SSSR count). The van der Waals surface area contributed by atoms with Crippen LogP contribution in [0.3, 0.4) is 0 Å². The fraction of sp³-hybridized carbons (Fsp3) is 0.200. The van der Waals surface area contributed by atoms with Crippen molar-refractivity contribution < 1.29 is 19.2 Å². The first-order chi connectivity index (χ1) is 14.7. The van der Waals surface area contributed by atoms with Gasteiger partial charge in [0.05, 0.1) is 28.6 Å². The molecule has 1 heterocycles. The molecule has 0 fully saturated rings. The highest BCUT2D eigenvalue weighted by molar-refractivity contribution is 9.10. The summed E-state index contributed by atoms with van der Waals surface area (Å²) in [5, 5.41) is 13.7. The zero-order valence-electron chi connectivity index (χ0n) is 16.3. The number of nitro benzene ring substituents is 1. The third-order valence-corrected chi connectivity index (χ3v) is 4.90. The van der Waals surface area contributed by atoms with Crippen molar-refractivity contribution in [1.82, 2.24) is 9.55 Å². The van der Waals surface area contributed by atoms with Crippen LogP contribution >= 0.6 is 15.9 Å². The van der Waals surface area contributed by atoms with Gasteiger partial charge in [-0.2, -0.15) is 0 Å². The summed E-state index contributed by atoms with van der Waals surface area (Å²) in [7, 11) is 0. The van der Waals surface area contributed by atoms with Crippen molar-refractivity contribution in [2.75, 3.05) is 11.9 Å². The molecule has 0 unspecified atom stereocenters. The van der Waals surface area contributed by atoms with Crippen LogP contribution in [0.15, 0.2) is 52.0 Å². The molecular weight excluding hydrogens is 472 g/mol. The first kappa shape index (κ1) is 22.1. The highest BCUT2D eigenvalue weighted by atomic mass is 79.9. The summed E-state index contributed by atoms with van der Waals surface area (Å²) in [6.45, 7) is 1.14. The summed E-state index contributed by atoms with van der Waals surface area (Å²) in [6, 6.07) is 9.15. The molecule has 11 heteroatoms. The quantitative estimate of drug-likeness (QED) is 0.307. The van der Waals surface area contributed by atoms with Gasteiger partial charge in [0.15, 0.2) is 6.61 Å². The third kappa shape index (κ3) is 5.51. The Morgan fingerprint density at radius 2 is 2.03 bits per heavy atom. The van der Waals surface area contributed by atoms with E-state index in [-0.39, 0.29) is 24.2 Å². The van der Waals surface area contributed by atoms with Crippen LogP contribution in [0.4, 0.5) is 11.4 Å². The Bertz CT molecular complexity index is 1240. The van der Waals surface area contributed by atoms with E-state index in [0.29, 0.717) is 22.2 Å². The molecule has 0 bridgehead atoms. The van der Waals surface area contributed by atoms with E-state index >= 15 is 0 Å². The lowest BCUT2D eigenvalue weighted by Gasteiger charge is -2.09. The number of hydrogen-bond acceptors (Lipinski definition) is 7. The van der Waals surface area contributed by atoms with E-state index in [4.69, 9.17) is 4.74 Å². The number of non-ortho nitro benzene ring substituents is 1. The Hall–Kier alpha value is -3.60. The molecular formula is C20H17BrN4O6. The number of halogens is 1. The fourth-order valence-electron chi connectivity index (χ4n) is 2.81. The van der Waals surface area contributed by atoms with E-state index in [1.807, 2.05) is 0 Å². The average molecular weight is 489 g/mol. The molecule has 0 spiro atoms. The number of fused-ring (bicyclic) bond motifs is 1. The van der Waals surface area contributed by atoms with Crippen LogP contribution in [-0.4, -0.2) is 33.0 Å². The monoisotopic (exact) mass is 488 g/mol. The minimum Gasteiger partial charge on any atom is -0.456 e. The third-order valence-electron chi connectivity index (χ3n) is 4.40. The summed E-state index contributed by atoms with van der Waals surface area (Å²) >= 11 is 3.31. The number of anilines is 1. The molecule has 3 aromatic rings. The number of nitrogens with zero attached hydrogens (tertiary/aromatic N) is 3. The molecule has 0 aliphatic carbocycles. The lowest BCUT2D eigenvalue weighted by Crippen LogP contribution is -2.24. The first-order valence-electron chi connectivity index (χ1n) is 9.10. The maximum absolute atomic E-state index is 12.5. The number of carbonyl (C=O) groups is 2. The van der Waals surface area contributed by atoms with Gasteiger partial charge >= 0.3 is 5.97 Å². The lowest BCUT2D eigenvalue weighted by molar-refractivity contribution is -0.384. The molecule has 10 nitrogen and oxygen atoms in total. The SMILES string of the molecule is Cc1cc([N+](=O)[O-])ccc1NC(=O)COC(=O)CCn1cnc2ccc(Br)cc2c1=O. The van der Waals surface area contributed by atoms with E-state index in [0.717, 1.165) is 4.47 Å². The van der Waals surface area contributed by atoms with Crippen molar-refractivity contribution >= 4 is 50.1 Å². The van der Waals surface area contributed by atoms with Crippen molar-refractivity contribution in [2.45, 2.75) is 19.9 Å². The highest BCUT2D eigenvalue weighted by Crippen LogP contribution is 2.21. The fourth-order valence-corrected chi connectivity index (χ4v) is 3.17. The van der Waals surface area contributed by atoms with E-state index in [1.54, 1.807) is 25.1 Å². The Morgan fingerprint density at radius 1 is 1.26 bits per heavy atom. The number of nitrogens with one attached hydrogen (secondary N) is 1. The number of rotatable bonds is 7. The standard InChI is InChI=1S/C20H17BrN4O6/c1-12-8-14(25(29)30)3-5-16(12)23-18(26)10-31-19(27)6-7-24-11-22-17-4-2-13(21)9-15(17)20(24)28/h2-5,8-9,11H,6-7,10H2,1H3,(H,23,26). The van der Waals surface area contributed by atoms with E-state index < -0.39 is 23.4 Å². The molecule has 0 aliphatic heterocycles. The van der Waals surface area contributed by atoms with Crippen molar-refractivity contribution in [3.63, 3.8) is 0 Å². The first-order valence-corrected chi connectivity index (χ1v) is 9.89. The Morgan fingerprint density at radius 3 is 2.74 bits per heavy atom. The van der Waals surface area contributed by atoms with Crippen LogP contribution in [-0.2, 0) is 20.9 Å². The normalized spacial score (nSPS) is 10.6. The van der Waals surface area contributed by atoms with E-state index in [2.05, 4.69) is 26.2 Å². The number of amides is 1. The summed E-state index contributed by atoms with van der Waals surface area (Å²) in [5.41, 5.74) is 1.05. The second kappa shape index (κ2) is 9.47. The van der Waals surface area contributed by atoms with E-state index in [1.165, 1.54) is 29.1 Å². The molecule has 1 N–H and O–H groups in total. The number of aryl methyl sites for hydroxylation is 2. The maximum Gasteiger partial charge on any atom is 0.308 e. The van der Waals surface area contributed by atoms with Gasteiger partial charge in [-0.1, -0.05) is 15.9 Å². The van der Waals surface area contributed by atoms with Gasteiger partial charge in [-0.3, -0.25) is 29.1 Å². The zero-order valence-corrected chi connectivity index (χ0v) is 17.9. The van der Waals surface area contributed by atoms with Crippen molar-refractivity contribution in [2.24, 2.45) is 0 Å². The largest absolute Gasteiger partial charge is 0.456 e. The number of benzene rings is 2. The molecule has 160 valence electrons. The van der Waals surface area contributed by atoms with Gasteiger partial charge in [0.25, 0.3) is 17.2 Å². The Kier molecular flexibility index (Phi) is 6.75. The smallest absolute Gasteiger partial charge is 0.308 e. The number of aromatic nitrogens is 2. The Labute approximate surface area is 184 Å². The molecule has 1 aromatic heterocycles. The van der Waals surface area contributed by atoms with Gasteiger partial charge in [0.1, 0.15) is 0 Å². The van der Waals surface area contributed by atoms with Gasteiger partial charge in [-0.05, 0) is 36.8 Å². The summed E-state index contributed by atoms with van der Waals surface area (Å²) in [6.07, 6.45) is 1.24. The average Bonchev–Trinajstić information content (AvgIpc) is 2.73. The second-order valence-electron chi connectivity index (χ2n) is 6.62. The minimum atomic E-state index is -0.656. The van der Waals surface area contributed by atoms with Crippen molar-refractivity contribution in [3.8, 4) is 0 Å². The molecule has 31 heavy (non-hydrogen) atoms. The number of hydrogen-bond donors (Lipinski definition) is 1. The van der Waals surface area contributed by atoms with Gasteiger partial charge in [0, 0.05) is 28.8 Å².